The first-order valence-corrected chi connectivity index (χ1v) is 11.4. The van der Waals surface area contributed by atoms with Crippen LogP contribution in [0.4, 0.5) is 5.69 Å². The third-order valence-corrected chi connectivity index (χ3v) is 5.83. The van der Waals surface area contributed by atoms with Gasteiger partial charge in [-0.2, -0.15) is 9.97 Å². The maximum atomic E-state index is 13.4. The van der Waals surface area contributed by atoms with Crippen molar-refractivity contribution in [1.29, 1.82) is 0 Å². The molecular formula is C27H28N5O3+. The van der Waals surface area contributed by atoms with E-state index in [0.29, 0.717) is 35.8 Å². The number of ether oxygens (including phenoxy) is 1. The summed E-state index contributed by atoms with van der Waals surface area (Å²) >= 11 is 0. The fourth-order valence-electron chi connectivity index (χ4n) is 3.86. The molecule has 1 aromatic carbocycles. The molecule has 8 nitrogen and oxygen atoms in total. The third-order valence-electron chi connectivity index (χ3n) is 5.83. The Hall–Kier alpha value is -4.04. The maximum absolute atomic E-state index is 13.4. The van der Waals surface area contributed by atoms with Gasteiger partial charge in [0.25, 0.3) is 11.8 Å². The highest BCUT2D eigenvalue weighted by Crippen LogP contribution is 2.28. The van der Waals surface area contributed by atoms with Gasteiger partial charge < -0.3 is 15.0 Å². The molecule has 1 aliphatic heterocycles. The van der Waals surface area contributed by atoms with Crippen LogP contribution >= 0.6 is 0 Å². The van der Waals surface area contributed by atoms with Crippen molar-refractivity contribution in [2.45, 2.75) is 26.3 Å². The Morgan fingerprint density at radius 2 is 1.97 bits per heavy atom. The summed E-state index contributed by atoms with van der Waals surface area (Å²) in [4.78, 5) is 40.5. The van der Waals surface area contributed by atoms with Gasteiger partial charge in [0.1, 0.15) is 13.5 Å². The van der Waals surface area contributed by atoms with Gasteiger partial charge in [-0.1, -0.05) is 25.1 Å². The first-order chi connectivity index (χ1) is 16.9. The average molecular weight is 471 g/mol. The second-order valence-corrected chi connectivity index (χ2v) is 8.46. The smallest absolute Gasteiger partial charge is 0.315 e. The lowest BCUT2D eigenvalue weighted by atomic mass is 10.0. The zero-order valence-electron chi connectivity index (χ0n) is 20.0. The molecule has 0 aliphatic carbocycles. The summed E-state index contributed by atoms with van der Waals surface area (Å²) in [6, 6.07) is 8.83. The van der Waals surface area contributed by atoms with Gasteiger partial charge in [-0.25, -0.2) is 0 Å². The van der Waals surface area contributed by atoms with E-state index in [1.807, 2.05) is 31.3 Å². The zero-order valence-corrected chi connectivity index (χ0v) is 20.0. The van der Waals surface area contributed by atoms with E-state index >= 15 is 0 Å². The lowest BCUT2D eigenvalue weighted by Gasteiger charge is -2.28. The summed E-state index contributed by atoms with van der Waals surface area (Å²) < 4.78 is 5.28. The van der Waals surface area contributed by atoms with Crippen LogP contribution in [0.2, 0.25) is 0 Å². The van der Waals surface area contributed by atoms with Crippen LogP contribution in [0.1, 0.15) is 47.2 Å². The number of hydrogen-bond donors (Lipinski definition) is 1. The molecule has 2 amide bonds. The number of nitrogens with zero attached hydrogens (tertiary/aromatic N) is 4. The molecule has 2 aromatic heterocycles. The van der Waals surface area contributed by atoms with Crippen LogP contribution in [0.25, 0.3) is 11.3 Å². The van der Waals surface area contributed by atoms with Crippen LogP contribution in [0.5, 0.6) is 0 Å². The molecule has 1 atom stereocenters. The van der Waals surface area contributed by atoms with Crippen LogP contribution in [-0.4, -0.2) is 46.5 Å². The van der Waals surface area contributed by atoms with Crippen LogP contribution < -0.4 is 10.2 Å². The molecular weight excluding hydrogens is 442 g/mol. The molecule has 0 radical (unpaired) electrons. The summed E-state index contributed by atoms with van der Waals surface area (Å²) in [6.45, 7) is 12.5. The molecule has 1 saturated heterocycles. The number of aromatic nitrogens is 3. The molecule has 8 heteroatoms. The summed E-state index contributed by atoms with van der Waals surface area (Å²) in [6.07, 6.45) is 5.96. The Kier molecular flexibility index (Phi) is 7.22. The molecule has 1 N–H and O–H groups in total. The summed E-state index contributed by atoms with van der Waals surface area (Å²) in [5, 5.41) is 3.02. The maximum Gasteiger partial charge on any atom is 0.315 e. The minimum Gasteiger partial charge on any atom is -0.370 e. The molecule has 0 bridgehead atoms. The first-order valence-electron chi connectivity index (χ1n) is 11.4. The standard InChI is InChI=1S/C27H27N5O3/c1-5-19-6-7-24(30-13-19)20-10-21(12-23(11-20)32-8-9-35-16-25(32)33)27(34)31-26(17(2)3)22-14-28-18(4)29-15-22/h6-7,10-15,26H,2,4-5,8-9,16H2,1,3H3/p+1. The van der Waals surface area contributed by atoms with E-state index < -0.39 is 6.04 Å². The largest absolute Gasteiger partial charge is 0.370 e. The average Bonchev–Trinajstić information content (AvgIpc) is 2.87. The van der Waals surface area contributed by atoms with Crippen LogP contribution in [0.15, 0.2) is 61.1 Å². The van der Waals surface area contributed by atoms with E-state index in [0.717, 1.165) is 28.8 Å². The fourth-order valence-corrected chi connectivity index (χ4v) is 3.86. The van der Waals surface area contributed by atoms with E-state index in [2.05, 4.69) is 40.7 Å². The Bertz CT molecular complexity index is 1240. The lowest BCUT2D eigenvalue weighted by Crippen LogP contribution is -2.41. The number of amides is 2. The van der Waals surface area contributed by atoms with Crippen molar-refractivity contribution < 1.29 is 14.3 Å². The van der Waals surface area contributed by atoms with E-state index in [9.17, 15) is 9.59 Å². The number of pyridine rings is 1. The van der Waals surface area contributed by atoms with Gasteiger partial charge in [-0.15, -0.1) is 0 Å². The number of carbonyl (C=O) groups is 2. The van der Waals surface area contributed by atoms with Gasteiger partial charge >= 0.3 is 5.82 Å². The Labute approximate surface area is 205 Å². The predicted octanol–water partition coefficient (Wildman–Crippen LogP) is 3.69. The summed E-state index contributed by atoms with van der Waals surface area (Å²) in [5.41, 5.74) is 5.04. The molecule has 1 aliphatic rings. The first kappa shape index (κ1) is 24.1. The highest BCUT2D eigenvalue weighted by atomic mass is 16.5. The predicted molar refractivity (Wildman–Crippen MR) is 134 cm³/mol. The van der Waals surface area contributed by atoms with Gasteiger partial charge in [0.15, 0.2) is 0 Å². The number of nitrogens with one attached hydrogen (secondary N) is 1. The second-order valence-electron chi connectivity index (χ2n) is 8.46. The van der Waals surface area contributed by atoms with Crippen molar-refractivity contribution in [1.82, 2.24) is 20.3 Å². The van der Waals surface area contributed by atoms with Crippen LogP contribution in [-0.2, 0) is 16.0 Å². The molecule has 178 valence electrons. The molecule has 3 heterocycles. The quantitative estimate of drug-likeness (QED) is 0.418. The Balaban J connectivity index is 1.72. The summed E-state index contributed by atoms with van der Waals surface area (Å²) in [5.74, 6) is -0.0698. The second kappa shape index (κ2) is 10.5. The third kappa shape index (κ3) is 5.55. The van der Waals surface area contributed by atoms with Gasteiger partial charge in [0.05, 0.1) is 18.3 Å². The monoisotopic (exact) mass is 470 g/mol. The van der Waals surface area contributed by atoms with Gasteiger partial charge in [-0.05, 0) is 43.2 Å². The molecule has 0 saturated carbocycles. The van der Waals surface area contributed by atoms with Gasteiger partial charge in [-0.3, -0.25) is 14.6 Å². The number of benzene rings is 1. The van der Waals surface area contributed by atoms with Crippen molar-refractivity contribution in [2.75, 3.05) is 24.7 Å². The molecule has 1 fully saturated rings. The molecule has 3 aromatic rings. The SMILES string of the molecule is C=C(C)C(NC(=O)c1cc(-c2ccc(CC)cn2)cc(N2CCOCC2=O)c1)c1cnc([CH2+])nc1. The fraction of sp³-hybridized carbons (Fsp3) is 0.259. The highest BCUT2D eigenvalue weighted by Gasteiger charge is 2.24. The normalized spacial score (nSPS) is 14.5. The number of hydrogen-bond acceptors (Lipinski definition) is 6. The number of anilines is 1. The molecule has 0 spiro atoms. The number of morpholine rings is 1. The van der Waals surface area contributed by atoms with Crippen molar-refractivity contribution in [2.24, 2.45) is 0 Å². The van der Waals surface area contributed by atoms with Crippen molar-refractivity contribution in [3.8, 4) is 11.3 Å². The van der Waals surface area contributed by atoms with Crippen LogP contribution in [0.3, 0.4) is 0 Å². The lowest BCUT2D eigenvalue weighted by molar-refractivity contribution is -0.125. The number of carbonyl (C=O) groups excluding carboxylic acids is 2. The Morgan fingerprint density at radius 1 is 1.20 bits per heavy atom. The van der Waals surface area contributed by atoms with Gasteiger partial charge in [0.2, 0.25) is 0 Å². The highest BCUT2D eigenvalue weighted by molar-refractivity contribution is 6.00. The van der Waals surface area contributed by atoms with E-state index in [4.69, 9.17) is 4.74 Å². The van der Waals surface area contributed by atoms with E-state index in [-0.39, 0.29) is 18.4 Å². The van der Waals surface area contributed by atoms with Crippen molar-refractivity contribution in [3.05, 3.63) is 90.5 Å². The number of rotatable bonds is 7. The van der Waals surface area contributed by atoms with Crippen molar-refractivity contribution in [3.63, 3.8) is 0 Å². The minimum absolute atomic E-state index is 0.00915. The number of aryl methyl sites for hydroxylation is 1. The minimum atomic E-state index is -0.484. The van der Waals surface area contributed by atoms with Crippen molar-refractivity contribution >= 4 is 17.5 Å². The van der Waals surface area contributed by atoms with E-state index in [1.165, 1.54) is 0 Å². The molecule has 35 heavy (non-hydrogen) atoms. The zero-order chi connectivity index (χ0) is 24.9. The van der Waals surface area contributed by atoms with Gasteiger partial charge in [0, 0.05) is 47.5 Å². The topological polar surface area (TPSA) is 97.3 Å². The van der Waals surface area contributed by atoms with Crippen LogP contribution in [0, 0.1) is 6.92 Å². The molecule has 1 unspecified atom stereocenters. The summed E-state index contributed by atoms with van der Waals surface area (Å²) in [7, 11) is 0. The van der Waals surface area contributed by atoms with E-state index in [1.54, 1.807) is 29.4 Å². The Morgan fingerprint density at radius 3 is 2.60 bits per heavy atom. The molecule has 4 rings (SSSR count).